The highest BCUT2D eigenvalue weighted by Crippen LogP contribution is 2.40. The molecular formula is C25H22ClFN2O5S. The second-order valence-corrected chi connectivity index (χ2v) is 10.5. The van der Waals surface area contributed by atoms with Crippen LogP contribution in [0, 0.1) is 5.82 Å². The van der Waals surface area contributed by atoms with E-state index in [1.165, 1.54) is 29.2 Å². The molecule has 0 spiro atoms. The number of aliphatic carboxylic acids is 1. The number of carbonyl (C=O) groups excluding carboxylic acids is 1. The molecule has 1 saturated heterocycles. The van der Waals surface area contributed by atoms with Crippen molar-refractivity contribution in [3.05, 3.63) is 88.7 Å². The van der Waals surface area contributed by atoms with Gasteiger partial charge >= 0.3 is 5.97 Å². The number of halogens is 2. The third-order valence-electron chi connectivity index (χ3n) is 5.88. The summed E-state index contributed by atoms with van der Waals surface area (Å²) in [5, 5.41) is 10.1. The van der Waals surface area contributed by atoms with Crippen LogP contribution < -0.4 is 4.72 Å². The zero-order chi connectivity index (χ0) is 25.3. The number of carbonyl (C=O) groups is 2. The molecule has 182 valence electrons. The van der Waals surface area contributed by atoms with Crippen molar-refractivity contribution in [3.8, 4) is 11.1 Å². The minimum absolute atomic E-state index is 0.0202. The van der Waals surface area contributed by atoms with Crippen LogP contribution in [0.1, 0.15) is 34.8 Å². The van der Waals surface area contributed by atoms with E-state index in [9.17, 15) is 23.1 Å². The van der Waals surface area contributed by atoms with E-state index in [2.05, 4.69) is 4.72 Å². The minimum Gasteiger partial charge on any atom is -0.480 e. The van der Waals surface area contributed by atoms with Gasteiger partial charge in [0.2, 0.25) is 10.0 Å². The van der Waals surface area contributed by atoms with Gasteiger partial charge in [0.05, 0.1) is 12.3 Å². The second-order valence-electron chi connectivity index (χ2n) is 8.33. The summed E-state index contributed by atoms with van der Waals surface area (Å²) in [6, 6.07) is 15.4. The zero-order valence-electron chi connectivity index (χ0n) is 18.6. The van der Waals surface area contributed by atoms with Crippen molar-refractivity contribution in [1.82, 2.24) is 4.90 Å². The lowest BCUT2D eigenvalue weighted by atomic mass is 10.0. The number of nitrogens with one attached hydrogen (secondary N) is 1. The molecule has 10 heteroatoms. The number of benzene rings is 3. The summed E-state index contributed by atoms with van der Waals surface area (Å²) in [5.41, 5.74) is 1.70. The van der Waals surface area contributed by atoms with E-state index >= 15 is 4.39 Å². The van der Waals surface area contributed by atoms with E-state index in [1.807, 2.05) is 0 Å². The molecule has 0 bridgehead atoms. The summed E-state index contributed by atoms with van der Waals surface area (Å²) >= 11 is 6.32. The summed E-state index contributed by atoms with van der Waals surface area (Å²) in [4.78, 5) is 26.6. The molecule has 1 heterocycles. The van der Waals surface area contributed by atoms with Gasteiger partial charge in [-0.3, -0.25) is 9.52 Å². The number of nitrogens with zero attached hydrogens (tertiary/aromatic N) is 1. The molecule has 2 atom stereocenters. The normalized spacial score (nSPS) is 17.9. The van der Waals surface area contributed by atoms with Gasteiger partial charge in [-0.05, 0) is 54.3 Å². The van der Waals surface area contributed by atoms with Crippen molar-refractivity contribution in [2.45, 2.75) is 24.9 Å². The fourth-order valence-corrected chi connectivity index (χ4v) is 5.18. The Morgan fingerprint density at radius 3 is 2.34 bits per heavy atom. The fourth-order valence-electron chi connectivity index (χ4n) is 4.35. The van der Waals surface area contributed by atoms with Gasteiger partial charge < -0.3 is 10.0 Å². The largest absolute Gasteiger partial charge is 0.480 e. The number of sulfonamides is 1. The highest BCUT2D eigenvalue weighted by atomic mass is 35.5. The standard InChI is InChI=1S/C25H22ClFN2O5S/c1-35(33,34)28-17-9-6-15(7-10-17)18-11-8-16(14-21(18)27)24(30)29-22(12-13-23(29)25(31)32)19-4-2-3-5-20(19)26/h2-11,14,22-23,28H,12-13H2,1H3,(H,31,32)/t22-,23+/m1/s1. The summed E-state index contributed by atoms with van der Waals surface area (Å²) in [6.07, 6.45) is 1.70. The molecule has 2 N–H and O–H groups in total. The molecule has 4 rings (SSSR count). The molecule has 3 aromatic rings. The van der Waals surface area contributed by atoms with Crippen LogP contribution in [0.15, 0.2) is 66.7 Å². The van der Waals surface area contributed by atoms with Crippen LogP contribution in [0.25, 0.3) is 11.1 Å². The SMILES string of the molecule is CS(=O)(=O)Nc1ccc(-c2ccc(C(=O)N3[C@@H](c4ccccc4Cl)CC[C@H]3C(=O)O)cc2F)cc1. The Kier molecular flexibility index (Phi) is 6.82. The lowest BCUT2D eigenvalue weighted by molar-refractivity contribution is -0.141. The quantitative estimate of drug-likeness (QED) is 0.482. The van der Waals surface area contributed by atoms with Crippen LogP contribution >= 0.6 is 11.6 Å². The third kappa shape index (κ3) is 5.31. The Labute approximate surface area is 207 Å². The van der Waals surface area contributed by atoms with Gasteiger partial charge in [0, 0.05) is 21.8 Å². The van der Waals surface area contributed by atoms with Crippen molar-refractivity contribution >= 4 is 39.2 Å². The van der Waals surface area contributed by atoms with Crippen molar-refractivity contribution in [1.29, 1.82) is 0 Å². The topological polar surface area (TPSA) is 104 Å². The number of anilines is 1. The summed E-state index contributed by atoms with van der Waals surface area (Å²) in [5.74, 6) is -2.40. The van der Waals surface area contributed by atoms with Gasteiger partial charge in [0.25, 0.3) is 5.91 Å². The molecule has 1 fully saturated rings. The molecule has 0 unspecified atom stereocenters. The Balaban J connectivity index is 1.64. The molecule has 0 aliphatic carbocycles. The van der Waals surface area contributed by atoms with Gasteiger partial charge in [-0.25, -0.2) is 17.6 Å². The predicted octanol–water partition coefficient (Wildman–Crippen LogP) is 4.95. The van der Waals surface area contributed by atoms with Crippen LogP contribution in [-0.2, 0) is 14.8 Å². The average Bonchev–Trinajstić information content (AvgIpc) is 3.24. The molecule has 1 amide bonds. The Bertz CT molecular complexity index is 1400. The molecule has 0 saturated carbocycles. The van der Waals surface area contributed by atoms with Gasteiger partial charge in [0.1, 0.15) is 11.9 Å². The van der Waals surface area contributed by atoms with Crippen molar-refractivity contribution in [3.63, 3.8) is 0 Å². The van der Waals surface area contributed by atoms with Crippen molar-refractivity contribution in [2.24, 2.45) is 0 Å². The number of amides is 1. The number of carboxylic acid groups (broad SMARTS) is 1. The monoisotopic (exact) mass is 516 g/mol. The lowest BCUT2D eigenvalue weighted by Crippen LogP contribution is -2.42. The van der Waals surface area contributed by atoms with Crippen LogP contribution in [0.2, 0.25) is 5.02 Å². The maximum atomic E-state index is 15.1. The molecular weight excluding hydrogens is 495 g/mol. The maximum Gasteiger partial charge on any atom is 0.326 e. The van der Waals surface area contributed by atoms with Crippen molar-refractivity contribution < 1.29 is 27.5 Å². The first-order chi connectivity index (χ1) is 16.5. The molecule has 0 radical (unpaired) electrons. The van der Waals surface area contributed by atoms with E-state index < -0.39 is 39.8 Å². The molecule has 7 nitrogen and oxygen atoms in total. The number of hydrogen-bond acceptors (Lipinski definition) is 4. The highest BCUT2D eigenvalue weighted by molar-refractivity contribution is 7.92. The Morgan fingerprint density at radius 2 is 1.74 bits per heavy atom. The van der Waals surface area contributed by atoms with Gasteiger partial charge in [-0.15, -0.1) is 0 Å². The first-order valence-electron chi connectivity index (χ1n) is 10.7. The maximum absolute atomic E-state index is 15.1. The Hall–Kier alpha value is -3.43. The van der Waals surface area contributed by atoms with Gasteiger partial charge in [0.15, 0.2) is 0 Å². The van der Waals surface area contributed by atoms with Crippen molar-refractivity contribution in [2.75, 3.05) is 11.0 Å². The molecule has 0 aromatic heterocycles. The number of likely N-dealkylation sites (tertiary alicyclic amines) is 1. The molecule has 35 heavy (non-hydrogen) atoms. The molecule has 3 aromatic carbocycles. The van der Waals surface area contributed by atoms with E-state index in [0.29, 0.717) is 28.3 Å². The first-order valence-corrected chi connectivity index (χ1v) is 13.0. The van der Waals surface area contributed by atoms with Crippen LogP contribution in [0.3, 0.4) is 0 Å². The first kappa shape index (κ1) is 24.7. The van der Waals surface area contributed by atoms with E-state index in [1.54, 1.807) is 36.4 Å². The second kappa shape index (κ2) is 9.67. The zero-order valence-corrected chi connectivity index (χ0v) is 20.2. The highest BCUT2D eigenvalue weighted by Gasteiger charge is 2.42. The minimum atomic E-state index is -3.44. The number of rotatable bonds is 6. The lowest BCUT2D eigenvalue weighted by Gasteiger charge is -2.29. The van der Waals surface area contributed by atoms with Crippen LogP contribution in [0.4, 0.5) is 10.1 Å². The Morgan fingerprint density at radius 1 is 1.06 bits per heavy atom. The number of hydrogen-bond donors (Lipinski definition) is 2. The summed E-state index contributed by atoms with van der Waals surface area (Å²) < 4.78 is 40.1. The van der Waals surface area contributed by atoms with Gasteiger partial charge in [-0.2, -0.15) is 0 Å². The van der Waals surface area contributed by atoms with Gasteiger partial charge in [-0.1, -0.05) is 48.0 Å². The van der Waals surface area contributed by atoms with E-state index in [-0.39, 0.29) is 17.5 Å². The summed E-state index contributed by atoms with van der Waals surface area (Å²) in [6.45, 7) is 0. The third-order valence-corrected chi connectivity index (χ3v) is 6.83. The smallest absolute Gasteiger partial charge is 0.326 e. The summed E-state index contributed by atoms with van der Waals surface area (Å²) in [7, 11) is -3.44. The molecule has 1 aliphatic heterocycles. The fraction of sp³-hybridized carbons (Fsp3) is 0.200. The predicted molar refractivity (Wildman–Crippen MR) is 131 cm³/mol. The van der Waals surface area contributed by atoms with E-state index in [0.717, 1.165) is 12.3 Å². The van der Waals surface area contributed by atoms with Crippen LogP contribution in [0.5, 0.6) is 0 Å². The van der Waals surface area contributed by atoms with E-state index in [4.69, 9.17) is 11.6 Å². The number of carboxylic acids is 1. The average molecular weight is 517 g/mol. The van der Waals surface area contributed by atoms with Crippen LogP contribution in [-0.4, -0.2) is 42.6 Å². The molecule has 1 aliphatic rings.